The molecule has 0 aromatic carbocycles. The summed E-state index contributed by atoms with van der Waals surface area (Å²) in [6, 6.07) is 0.463. The Morgan fingerprint density at radius 2 is 2.07 bits per heavy atom. The van der Waals surface area contributed by atoms with Crippen LogP contribution in [0.3, 0.4) is 0 Å². The number of hydrogen-bond donors (Lipinski definition) is 1. The van der Waals surface area contributed by atoms with Crippen LogP contribution in [-0.2, 0) is 9.53 Å². The number of hydrogen-bond acceptors (Lipinski definition) is 4. The summed E-state index contributed by atoms with van der Waals surface area (Å²) in [6.07, 6.45) is 3.12. The van der Waals surface area contributed by atoms with Gasteiger partial charge >= 0.3 is 5.97 Å². The molecule has 0 spiro atoms. The number of rotatable bonds is 2. The first-order chi connectivity index (χ1) is 6.75. The number of nitrogens with zero attached hydrogens (tertiary/aromatic N) is 1. The lowest BCUT2D eigenvalue weighted by Gasteiger charge is -2.30. The van der Waals surface area contributed by atoms with Gasteiger partial charge in [-0.25, -0.2) is 0 Å². The molecule has 0 bridgehead atoms. The molecule has 0 radical (unpaired) electrons. The lowest BCUT2D eigenvalue weighted by atomic mass is 10.0. The van der Waals surface area contributed by atoms with Crippen LogP contribution < -0.4 is 5.32 Å². The maximum Gasteiger partial charge on any atom is 0.323 e. The standard InChI is InChI=1S/C10H18N2O2/c1-12-5-2-8(3-6-12)11-9-4-7-14-10(9)13/h8-9,11H,2-7H2,1H3. The summed E-state index contributed by atoms with van der Waals surface area (Å²) in [5.74, 6) is -0.0658. The van der Waals surface area contributed by atoms with Crippen molar-refractivity contribution in [2.75, 3.05) is 26.7 Å². The fourth-order valence-corrected chi connectivity index (χ4v) is 2.11. The highest BCUT2D eigenvalue weighted by atomic mass is 16.5. The van der Waals surface area contributed by atoms with E-state index in [1.165, 1.54) is 0 Å². The van der Waals surface area contributed by atoms with Gasteiger partial charge in [-0.15, -0.1) is 0 Å². The maximum absolute atomic E-state index is 11.2. The highest BCUT2D eigenvalue weighted by molar-refractivity contribution is 5.77. The van der Waals surface area contributed by atoms with Gasteiger partial charge in [0, 0.05) is 12.5 Å². The lowest BCUT2D eigenvalue weighted by Crippen LogP contribution is -2.46. The van der Waals surface area contributed by atoms with Crippen molar-refractivity contribution >= 4 is 5.97 Å². The smallest absolute Gasteiger partial charge is 0.323 e. The number of ether oxygens (including phenoxy) is 1. The van der Waals surface area contributed by atoms with Crippen molar-refractivity contribution in [3.8, 4) is 0 Å². The quantitative estimate of drug-likeness (QED) is 0.633. The van der Waals surface area contributed by atoms with Gasteiger partial charge in [-0.3, -0.25) is 4.79 Å². The van der Waals surface area contributed by atoms with Crippen LogP contribution in [0.2, 0.25) is 0 Å². The number of esters is 1. The van der Waals surface area contributed by atoms with Crippen LogP contribution in [0.4, 0.5) is 0 Å². The topological polar surface area (TPSA) is 41.6 Å². The molecule has 1 atom stereocenters. The van der Waals surface area contributed by atoms with E-state index >= 15 is 0 Å². The molecule has 2 aliphatic rings. The summed E-state index contributed by atoms with van der Waals surface area (Å²) in [6.45, 7) is 2.84. The van der Waals surface area contributed by atoms with Crippen molar-refractivity contribution < 1.29 is 9.53 Å². The zero-order valence-corrected chi connectivity index (χ0v) is 8.66. The fourth-order valence-electron chi connectivity index (χ4n) is 2.11. The minimum Gasteiger partial charge on any atom is -0.464 e. The number of carbonyl (C=O) groups is 1. The van der Waals surface area contributed by atoms with Gasteiger partial charge in [0.2, 0.25) is 0 Å². The fraction of sp³-hybridized carbons (Fsp3) is 0.900. The van der Waals surface area contributed by atoms with Crippen molar-refractivity contribution in [3.63, 3.8) is 0 Å². The molecule has 80 valence electrons. The van der Waals surface area contributed by atoms with Crippen LogP contribution in [0.25, 0.3) is 0 Å². The maximum atomic E-state index is 11.2. The zero-order valence-electron chi connectivity index (χ0n) is 8.66. The summed E-state index contributed by atoms with van der Waals surface area (Å²) in [4.78, 5) is 13.5. The zero-order chi connectivity index (χ0) is 9.97. The molecule has 4 nitrogen and oxygen atoms in total. The van der Waals surface area contributed by atoms with Crippen LogP contribution in [0.15, 0.2) is 0 Å². The molecule has 14 heavy (non-hydrogen) atoms. The van der Waals surface area contributed by atoms with Gasteiger partial charge in [-0.2, -0.15) is 0 Å². The average Bonchev–Trinajstić information content (AvgIpc) is 2.56. The van der Waals surface area contributed by atoms with Crippen molar-refractivity contribution in [3.05, 3.63) is 0 Å². The first-order valence-electron chi connectivity index (χ1n) is 5.37. The average molecular weight is 198 g/mol. The Labute approximate surface area is 84.6 Å². The van der Waals surface area contributed by atoms with Gasteiger partial charge in [0.15, 0.2) is 0 Å². The predicted octanol–water partition coefficient (Wildman–Crippen LogP) is -0.0143. The molecule has 1 N–H and O–H groups in total. The largest absolute Gasteiger partial charge is 0.464 e. The monoisotopic (exact) mass is 198 g/mol. The number of nitrogens with one attached hydrogen (secondary N) is 1. The van der Waals surface area contributed by atoms with E-state index in [-0.39, 0.29) is 12.0 Å². The number of cyclic esters (lactones) is 1. The van der Waals surface area contributed by atoms with E-state index in [0.717, 1.165) is 32.4 Å². The van der Waals surface area contributed by atoms with E-state index in [1.807, 2.05) is 0 Å². The van der Waals surface area contributed by atoms with E-state index in [0.29, 0.717) is 12.6 Å². The molecule has 2 fully saturated rings. The molecule has 0 amide bonds. The van der Waals surface area contributed by atoms with Crippen molar-refractivity contribution in [2.45, 2.75) is 31.3 Å². The van der Waals surface area contributed by atoms with E-state index in [9.17, 15) is 4.79 Å². The summed E-state index contributed by atoms with van der Waals surface area (Å²) >= 11 is 0. The highest BCUT2D eigenvalue weighted by Crippen LogP contribution is 2.13. The van der Waals surface area contributed by atoms with Gasteiger partial charge in [-0.1, -0.05) is 0 Å². The Balaban J connectivity index is 1.77. The predicted molar refractivity (Wildman–Crippen MR) is 53.0 cm³/mol. The Morgan fingerprint density at radius 3 is 2.64 bits per heavy atom. The van der Waals surface area contributed by atoms with Gasteiger partial charge < -0.3 is 15.0 Å². The van der Waals surface area contributed by atoms with E-state index in [1.54, 1.807) is 0 Å². The molecule has 0 aliphatic carbocycles. The van der Waals surface area contributed by atoms with Crippen LogP contribution >= 0.6 is 0 Å². The molecule has 0 aromatic rings. The molecule has 2 heterocycles. The van der Waals surface area contributed by atoms with Gasteiger partial charge in [0.05, 0.1) is 6.61 Å². The lowest BCUT2D eigenvalue weighted by molar-refractivity contribution is -0.139. The normalized spacial score (nSPS) is 30.6. The minimum absolute atomic E-state index is 0.0385. The molecule has 2 aliphatic heterocycles. The third-order valence-corrected chi connectivity index (χ3v) is 3.09. The van der Waals surface area contributed by atoms with Gasteiger partial charge in [0.1, 0.15) is 6.04 Å². The molecule has 1 unspecified atom stereocenters. The summed E-state index contributed by atoms with van der Waals surface area (Å²) in [5, 5.41) is 3.39. The number of piperidine rings is 1. The number of likely N-dealkylation sites (tertiary alicyclic amines) is 1. The van der Waals surface area contributed by atoms with E-state index < -0.39 is 0 Å². The second-order valence-electron chi connectivity index (χ2n) is 4.25. The molecule has 2 saturated heterocycles. The SMILES string of the molecule is CN1CCC(NC2CCOC2=O)CC1. The summed E-state index contributed by atoms with van der Waals surface area (Å²) in [5.41, 5.74) is 0. The van der Waals surface area contributed by atoms with Gasteiger partial charge in [-0.05, 0) is 33.0 Å². The van der Waals surface area contributed by atoms with Gasteiger partial charge in [0.25, 0.3) is 0 Å². The molecule has 4 heteroatoms. The second-order valence-corrected chi connectivity index (χ2v) is 4.25. The first-order valence-corrected chi connectivity index (χ1v) is 5.37. The summed E-state index contributed by atoms with van der Waals surface area (Å²) < 4.78 is 4.92. The Kier molecular flexibility index (Phi) is 3.03. The summed E-state index contributed by atoms with van der Waals surface area (Å²) in [7, 11) is 2.14. The molecular formula is C10H18N2O2. The molecule has 2 rings (SSSR count). The Bertz CT molecular complexity index is 212. The van der Waals surface area contributed by atoms with E-state index in [4.69, 9.17) is 4.74 Å². The third-order valence-electron chi connectivity index (χ3n) is 3.09. The minimum atomic E-state index is -0.0658. The van der Waals surface area contributed by atoms with Crippen molar-refractivity contribution in [1.82, 2.24) is 10.2 Å². The second kappa shape index (κ2) is 4.28. The van der Waals surface area contributed by atoms with E-state index in [2.05, 4.69) is 17.3 Å². The van der Waals surface area contributed by atoms with Crippen molar-refractivity contribution in [1.29, 1.82) is 0 Å². The Morgan fingerprint density at radius 1 is 1.36 bits per heavy atom. The number of carbonyl (C=O) groups excluding carboxylic acids is 1. The first kappa shape index (κ1) is 9.93. The van der Waals surface area contributed by atoms with Crippen LogP contribution in [0.5, 0.6) is 0 Å². The highest BCUT2D eigenvalue weighted by Gasteiger charge is 2.29. The molecule has 0 aromatic heterocycles. The molecule has 0 saturated carbocycles. The third kappa shape index (κ3) is 2.25. The van der Waals surface area contributed by atoms with Crippen LogP contribution in [0.1, 0.15) is 19.3 Å². The van der Waals surface area contributed by atoms with Crippen LogP contribution in [-0.4, -0.2) is 49.7 Å². The Hall–Kier alpha value is -0.610. The molecular weight excluding hydrogens is 180 g/mol. The van der Waals surface area contributed by atoms with Crippen molar-refractivity contribution in [2.24, 2.45) is 0 Å². The van der Waals surface area contributed by atoms with Crippen LogP contribution in [0, 0.1) is 0 Å².